The van der Waals surface area contributed by atoms with Crippen molar-refractivity contribution in [3.63, 3.8) is 0 Å². The topological polar surface area (TPSA) is 133 Å². The predicted octanol–water partition coefficient (Wildman–Crippen LogP) is 4.10. The Kier molecular flexibility index (Phi) is 4.43. The molecule has 0 saturated heterocycles. The largest absolute Gasteiger partial charge is 0.457 e. The number of anilines is 1. The van der Waals surface area contributed by atoms with Crippen LogP contribution in [0.25, 0.3) is 0 Å². The molecule has 0 radical (unpaired) electrons. The van der Waals surface area contributed by atoms with E-state index in [0.29, 0.717) is 0 Å². The minimum Gasteiger partial charge on any atom is -0.457 e. The van der Waals surface area contributed by atoms with E-state index in [0.717, 1.165) is 4.90 Å². The quantitative estimate of drug-likeness (QED) is 0.354. The van der Waals surface area contributed by atoms with Crippen LogP contribution in [-0.4, -0.2) is 21.7 Å². The number of nitro groups is 2. The summed E-state index contributed by atoms with van der Waals surface area (Å²) in [5, 5.41) is 22.2. The molecular formula is C20H11N3O7. The van der Waals surface area contributed by atoms with Gasteiger partial charge >= 0.3 is 0 Å². The SMILES string of the molecule is O=C1c2ccc(Oc3cccc([N+](=O)[O-])c3)cc2C(=O)N1c1ccccc1[N+](=O)[O-]. The molecule has 4 rings (SSSR count). The van der Waals surface area contributed by atoms with Gasteiger partial charge in [0, 0.05) is 12.1 Å². The highest BCUT2D eigenvalue weighted by atomic mass is 16.6. The zero-order valence-electron chi connectivity index (χ0n) is 15.1. The molecule has 148 valence electrons. The highest BCUT2D eigenvalue weighted by molar-refractivity contribution is 6.35. The molecule has 3 aromatic rings. The van der Waals surface area contributed by atoms with Crippen LogP contribution in [0.4, 0.5) is 17.1 Å². The Labute approximate surface area is 168 Å². The van der Waals surface area contributed by atoms with E-state index in [1.165, 1.54) is 66.7 Å². The summed E-state index contributed by atoms with van der Waals surface area (Å²) < 4.78 is 5.59. The van der Waals surface area contributed by atoms with Gasteiger partial charge in [0.2, 0.25) is 0 Å². The fraction of sp³-hybridized carbons (Fsp3) is 0. The third kappa shape index (κ3) is 3.11. The molecule has 0 aromatic heterocycles. The number of carbonyl (C=O) groups is 2. The van der Waals surface area contributed by atoms with Crippen molar-refractivity contribution in [3.8, 4) is 11.5 Å². The summed E-state index contributed by atoms with van der Waals surface area (Å²) in [5.74, 6) is -1.06. The van der Waals surface area contributed by atoms with Gasteiger partial charge in [0.25, 0.3) is 23.2 Å². The molecule has 0 bridgehead atoms. The lowest BCUT2D eigenvalue weighted by Crippen LogP contribution is -2.29. The first-order chi connectivity index (χ1) is 14.4. The van der Waals surface area contributed by atoms with Crippen molar-refractivity contribution in [2.24, 2.45) is 0 Å². The van der Waals surface area contributed by atoms with Crippen LogP contribution in [0, 0.1) is 20.2 Å². The molecule has 0 aliphatic carbocycles. The number of para-hydroxylation sites is 2. The van der Waals surface area contributed by atoms with Crippen molar-refractivity contribution >= 4 is 28.9 Å². The van der Waals surface area contributed by atoms with Gasteiger partial charge in [-0.3, -0.25) is 29.8 Å². The molecule has 0 fully saturated rings. The van der Waals surface area contributed by atoms with Crippen LogP contribution in [0.2, 0.25) is 0 Å². The Morgan fingerprint density at radius 3 is 2.17 bits per heavy atom. The lowest BCUT2D eigenvalue weighted by Gasteiger charge is -2.13. The van der Waals surface area contributed by atoms with Crippen LogP contribution in [0.1, 0.15) is 20.7 Å². The van der Waals surface area contributed by atoms with Crippen molar-refractivity contribution in [1.29, 1.82) is 0 Å². The molecule has 0 unspecified atom stereocenters. The summed E-state index contributed by atoms with van der Waals surface area (Å²) in [6.45, 7) is 0. The van der Waals surface area contributed by atoms with E-state index < -0.39 is 21.7 Å². The maximum Gasteiger partial charge on any atom is 0.293 e. The van der Waals surface area contributed by atoms with E-state index in [2.05, 4.69) is 0 Å². The number of rotatable bonds is 5. The van der Waals surface area contributed by atoms with E-state index in [-0.39, 0.29) is 39.7 Å². The Hall–Kier alpha value is -4.60. The molecule has 0 saturated carbocycles. The maximum absolute atomic E-state index is 12.9. The van der Waals surface area contributed by atoms with Crippen molar-refractivity contribution in [1.82, 2.24) is 0 Å². The Morgan fingerprint density at radius 2 is 1.43 bits per heavy atom. The number of nitrogens with zero attached hydrogens (tertiary/aromatic N) is 3. The van der Waals surface area contributed by atoms with Gasteiger partial charge in [0.05, 0.1) is 27.0 Å². The van der Waals surface area contributed by atoms with Gasteiger partial charge < -0.3 is 4.74 Å². The molecule has 0 N–H and O–H groups in total. The molecular weight excluding hydrogens is 394 g/mol. The third-order valence-electron chi connectivity index (χ3n) is 4.44. The van der Waals surface area contributed by atoms with Crippen molar-refractivity contribution in [2.45, 2.75) is 0 Å². The smallest absolute Gasteiger partial charge is 0.293 e. The molecule has 1 aliphatic heterocycles. The molecule has 10 nitrogen and oxygen atoms in total. The van der Waals surface area contributed by atoms with Gasteiger partial charge in [0.15, 0.2) is 0 Å². The maximum atomic E-state index is 12.9. The minimum absolute atomic E-state index is 0.0149. The number of fused-ring (bicyclic) bond motifs is 1. The van der Waals surface area contributed by atoms with E-state index in [1.54, 1.807) is 0 Å². The summed E-state index contributed by atoms with van der Waals surface area (Å²) in [4.78, 5) is 47.3. The first-order valence-electron chi connectivity index (χ1n) is 8.55. The molecule has 3 aromatic carbocycles. The van der Waals surface area contributed by atoms with Crippen molar-refractivity contribution in [3.05, 3.63) is 98.1 Å². The lowest BCUT2D eigenvalue weighted by atomic mass is 10.1. The lowest BCUT2D eigenvalue weighted by molar-refractivity contribution is -0.384. The summed E-state index contributed by atoms with van der Waals surface area (Å²) in [7, 11) is 0. The summed E-state index contributed by atoms with van der Waals surface area (Å²) in [6.07, 6.45) is 0. The number of benzene rings is 3. The van der Waals surface area contributed by atoms with Crippen LogP contribution in [0.5, 0.6) is 11.5 Å². The highest BCUT2D eigenvalue weighted by Gasteiger charge is 2.39. The van der Waals surface area contributed by atoms with Gasteiger partial charge in [-0.2, -0.15) is 0 Å². The Balaban J connectivity index is 1.69. The van der Waals surface area contributed by atoms with Crippen LogP contribution >= 0.6 is 0 Å². The molecule has 0 spiro atoms. The number of non-ortho nitro benzene ring substituents is 1. The van der Waals surface area contributed by atoms with Gasteiger partial charge in [-0.25, -0.2) is 4.90 Å². The molecule has 1 heterocycles. The Morgan fingerprint density at radius 1 is 0.733 bits per heavy atom. The summed E-state index contributed by atoms with van der Waals surface area (Å²) >= 11 is 0. The van der Waals surface area contributed by atoms with E-state index in [9.17, 15) is 29.8 Å². The second-order valence-corrected chi connectivity index (χ2v) is 6.26. The highest BCUT2D eigenvalue weighted by Crippen LogP contribution is 2.36. The van der Waals surface area contributed by atoms with Gasteiger partial charge in [-0.1, -0.05) is 18.2 Å². The number of amides is 2. The standard InChI is InChI=1S/C20H11N3O7/c24-19-15-9-8-14(30-13-5-3-4-12(10-13)22(26)27)11-16(15)20(25)21(19)17-6-1-2-7-18(17)23(28)29/h1-11H. The normalized spacial score (nSPS) is 12.6. The van der Waals surface area contributed by atoms with Gasteiger partial charge in [0.1, 0.15) is 17.2 Å². The van der Waals surface area contributed by atoms with E-state index >= 15 is 0 Å². The number of carbonyl (C=O) groups excluding carboxylic acids is 2. The fourth-order valence-corrected chi connectivity index (χ4v) is 3.11. The van der Waals surface area contributed by atoms with E-state index in [1.807, 2.05) is 0 Å². The van der Waals surface area contributed by atoms with Gasteiger partial charge in [-0.15, -0.1) is 0 Å². The molecule has 10 heteroatoms. The average molecular weight is 405 g/mol. The average Bonchev–Trinajstić information content (AvgIpc) is 2.98. The first kappa shape index (κ1) is 18.7. The number of nitro benzene ring substituents is 2. The monoisotopic (exact) mass is 405 g/mol. The second-order valence-electron chi connectivity index (χ2n) is 6.26. The van der Waals surface area contributed by atoms with Gasteiger partial charge in [-0.05, 0) is 30.3 Å². The molecule has 2 amide bonds. The van der Waals surface area contributed by atoms with E-state index in [4.69, 9.17) is 4.74 Å². The minimum atomic E-state index is -0.728. The molecule has 30 heavy (non-hydrogen) atoms. The van der Waals surface area contributed by atoms with Crippen molar-refractivity contribution < 1.29 is 24.2 Å². The molecule has 0 atom stereocenters. The number of hydrogen-bond donors (Lipinski definition) is 0. The fourth-order valence-electron chi connectivity index (χ4n) is 3.11. The zero-order valence-corrected chi connectivity index (χ0v) is 15.1. The van der Waals surface area contributed by atoms with Crippen molar-refractivity contribution in [2.75, 3.05) is 4.90 Å². The predicted molar refractivity (Wildman–Crippen MR) is 104 cm³/mol. The number of ether oxygens (including phenoxy) is 1. The summed E-state index contributed by atoms with van der Waals surface area (Å²) in [6, 6.07) is 15.1. The third-order valence-corrected chi connectivity index (χ3v) is 4.44. The summed E-state index contributed by atoms with van der Waals surface area (Å²) in [5.41, 5.74) is -0.581. The Bertz CT molecular complexity index is 1240. The van der Waals surface area contributed by atoms with Crippen LogP contribution in [0.3, 0.4) is 0 Å². The number of imide groups is 1. The first-order valence-corrected chi connectivity index (χ1v) is 8.55. The van der Waals surface area contributed by atoms with Crippen LogP contribution in [-0.2, 0) is 0 Å². The molecule has 1 aliphatic rings. The van der Waals surface area contributed by atoms with Crippen LogP contribution < -0.4 is 9.64 Å². The number of hydrogen-bond acceptors (Lipinski definition) is 7. The zero-order chi connectivity index (χ0) is 21.4. The van der Waals surface area contributed by atoms with Crippen LogP contribution in [0.15, 0.2) is 66.7 Å². The second kappa shape index (κ2) is 7.09.